The molecule has 0 radical (unpaired) electrons. The van der Waals surface area contributed by atoms with E-state index in [4.69, 9.17) is 9.47 Å². The van der Waals surface area contributed by atoms with E-state index in [1.54, 1.807) is 0 Å². The molecule has 0 saturated carbocycles. The molecule has 0 aliphatic heterocycles. The van der Waals surface area contributed by atoms with E-state index in [-0.39, 0.29) is 28.4 Å². The van der Waals surface area contributed by atoms with Crippen molar-refractivity contribution in [3.05, 3.63) is 23.3 Å². The fraction of sp³-hybridized carbons (Fsp3) is 0.308. The Labute approximate surface area is 110 Å². The molecule has 1 aromatic carbocycles. The lowest BCUT2D eigenvalue weighted by atomic mass is 10.0. The summed E-state index contributed by atoms with van der Waals surface area (Å²) >= 11 is 0. The van der Waals surface area contributed by atoms with Crippen LogP contribution in [0.2, 0.25) is 0 Å². The Kier molecular flexibility index (Phi) is 4.63. The number of hydrogen-bond donors (Lipinski definition) is 0. The van der Waals surface area contributed by atoms with E-state index in [1.165, 1.54) is 40.2 Å². The van der Waals surface area contributed by atoms with Crippen LogP contribution in [0.4, 0.5) is 0 Å². The van der Waals surface area contributed by atoms with Crippen molar-refractivity contribution in [2.45, 2.75) is 13.8 Å². The molecule has 1 aromatic rings. The third kappa shape index (κ3) is 3.31. The highest BCUT2D eigenvalue weighted by atomic mass is 16.6. The summed E-state index contributed by atoms with van der Waals surface area (Å²) < 4.78 is 14.5. The molecule has 1 rings (SSSR count). The third-order valence-corrected chi connectivity index (χ3v) is 2.34. The van der Waals surface area contributed by atoms with Crippen molar-refractivity contribution in [2.75, 3.05) is 14.2 Å². The van der Waals surface area contributed by atoms with Gasteiger partial charge < -0.3 is 14.2 Å². The van der Waals surface area contributed by atoms with Gasteiger partial charge in [-0.3, -0.25) is 9.59 Å². The number of rotatable bonds is 4. The summed E-state index contributed by atoms with van der Waals surface area (Å²) in [6, 6.07) is 2.59. The number of hydrogen-bond acceptors (Lipinski definition) is 6. The highest BCUT2D eigenvalue weighted by molar-refractivity contribution is 6.06. The topological polar surface area (TPSA) is 78.9 Å². The smallest absolute Gasteiger partial charge is 0.338 e. The predicted molar refractivity (Wildman–Crippen MR) is 65.6 cm³/mol. The number of Topliss-reactive ketones (excluding diaryl/α,β-unsaturated/α-hetero) is 1. The first-order valence-corrected chi connectivity index (χ1v) is 5.40. The Bertz CT molecular complexity index is 532. The van der Waals surface area contributed by atoms with Gasteiger partial charge in [0.15, 0.2) is 17.3 Å². The molecule has 0 bridgehead atoms. The molecule has 6 heteroatoms. The minimum Gasteiger partial charge on any atom is -0.493 e. The van der Waals surface area contributed by atoms with Gasteiger partial charge in [0, 0.05) is 18.6 Å². The zero-order valence-corrected chi connectivity index (χ0v) is 11.1. The van der Waals surface area contributed by atoms with Gasteiger partial charge in [-0.25, -0.2) is 4.79 Å². The molecule has 6 nitrogen and oxygen atoms in total. The molecule has 0 atom stereocenters. The van der Waals surface area contributed by atoms with E-state index in [1.807, 2.05) is 0 Å². The van der Waals surface area contributed by atoms with Crippen molar-refractivity contribution in [1.29, 1.82) is 0 Å². The lowest BCUT2D eigenvalue weighted by molar-refractivity contribution is -0.132. The molecule has 0 unspecified atom stereocenters. The summed E-state index contributed by atoms with van der Waals surface area (Å²) in [6.45, 7) is 2.53. The fourth-order valence-electron chi connectivity index (χ4n) is 1.52. The molecular weight excluding hydrogens is 252 g/mol. The van der Waals surface area contributed by atoms with Crippen LogP contribution in [-0.4, -0.2) is 31.9 Å². The van der Waals surface area contributed by atoms with E-state index in [2.05, 4.69) is 4.74 Å². The van der Waals surface area contributed by atoms with E-state index in [9.17, 15) is 14.4 Å². The maximum absolute atomic E-state index is 11.6. The number of carbonyl (C=O) groups excluding carboxylic acids is 3. The molecule has 0 aliphatic carbocycles. The first-order chi connectivity index (χ1) is 8.90. The summed E-state index contributed by atoms with van der Waals surface area (Å²) in [7, 11) is 2.56. The van der Waals surface area contributed by atoms with E-state index >= 15 is 0 Å². The van der Waals surface area contributed by atoms with Crippen LogP contribution in [0.25, 0.3) is 0 Å². The van der Waals surface area contributed by atoms with Gasteiger partial charge in [0.1, 0.15) is 0 Å². The molecule has 102 valence electrons. The van der Waals surface area contributed by atoms with Crippen LogP contribution >= 0.6 is 0 Å². The van der Waals surface area contributed by atoms with Gasteiger partial charge in [-0.2, -0.15) is 0 Å². The molecule has 0 heterocycles. The molecule has 0 N–H and O–H groups in total. The van der Waals surface area contributed by atoms with Gasteiger partial charge in [0.05, 0.1) is 19.8 Å². The Morgan fingerprint density at radius 1 is 0.947 bits per heavy atom. The minimum atomic E-state index is -0.693. The SMILES string of the molecule is COC(=O)c1cc(OC(C)=O)c(OC)cc1C(C)=O. The maximum atomic E-state index is 11.6. The van der Waals surface area contributed by atoms with Gasteiger partial charge >= 0.3 is 11.9 Å². The van der Waals surface area contributed by atoms with Crippen molar-refractivity contribution in [1.82, 2.24) is 0 Å². The Balaban J connectivity index is 3.46. The van der Waals surface area contributed by atoms with Crippen LogP contribution in [0.15, 0.2) is 12.1 Å². The van der Waals surface area contributed by atoms with Crippen LogP contribution in [0.1, 0.15) is 34.6 Å². The van der Waals surface area contributed by atoms with Gasteiger partial charge in [-0.15, -0.1) is 0 Å². The number of ether oxygens (including phenoxy) is 3. The van der Waals surface area contributed by atoms with Crippen LogP contribution in [0.3, 0.4) is 0 Å². The number of ketones is 1. The molecule has 0 spiro atoms. The largest absolute Gasteiger partial charge is 0.493 e. The number of benzene rings is 1. The summed E-state index contributed by atoms with van der Waals surface area (Å²) in [5.41, 5.74) is 0.159. The van der Waals surface area contributed by atoms with E-state index < -0.39 is 11.9 Å². The molecular formula is C13H14O6. The monoisotopic (exact) mass is 266 g/mol. The zero-order valence-electron chi connectivity index (χ0n) is 11.1. The van der Waals surface area contributed by atoms with Crippen molar-refractivity contribution in [2.24, 2.45) is 0 Å². The third-order valence-electron chi connectivity index (χ3n) is 2.34. The predicted octanol–water partition coefficient (Wildman–Crippen LogP) is 1.61. The average molecular weight is 266 g/mol. The van der Waals surface area contributed by atoms with Crippen molar-refractivity contribution < 1.29 is 28.6 Å². The second-order valence-corrected chi connectivity index (χ2v) is 3.69. The van der Waals surface area contributed by atoms with E-state index in [0.29, 0.717) is 0 Å². The van der Waals surface area contributed by atoms with Crippen molar-refractivity contribution in [3.8, 4) is 11.5 Å². The van der Waals surface area contributed by atoms with Crippen LogP contribution in [0.5, 0.6) is 11.5 Å². The second-order valence-electron chi connectivity index (χ2n) is 3.69. The highest BCUT2D eigenvalue weighted by Crippen LogP contribution is 2.31. The second kappa shape index (κ2) is 5.99. The minimum absolute atomic E-state index is 0.0204. The van der Waals surface area contributed by atoms with Crippen LogP contribution in [-0.2, 0) is 9.53 Å². The standard InChI is InChI=1S/C13H14O6/c1-7(14)9-5-11(17-3)12(19-8(2)15)6-10(9)13(16)18-4/h5-6H,1-4H3. The highest BCUT2D eigenvalue weighted by Gasteiger charge is 2.20. The Hall–Kier alpha value is -2.37. The normalized spacial score (nSPS) is 9.68. The first-order valence-electron chi connectivity index (χ1n) is 5.40. The number of carbonyl (C=O) groups is 3. The molecule has 19 heavy (non-hydrogen) atoms. The first kappa shape index (κ1) is 14.7. The van der Waals surface area contributed by atoms with Gasteiger partial charge in [0.25, 0.3) is 0 Å². The van der Waals surface area contributed by atoms with Crippen LogP contribution in [0, 0.1) is 0 Å². The summed E-state index contributed by atoms with van der Waals surface area (Å²) in [5.74, 6) is -1.34. The quantitative estimate of drug-likeness (QED) is 0.468. The van der Waals surface area contributed by atoms with Gasteiger partial charge in [-0.1, -0.05) is 0 Å². The number of methoxy groups -OCH3 is 2. The fourth-order valence-corrected chi connectivity index (χ4v) is 1.52. The summed E-state index contributed by atoms with van der Waals surface area (Å²) in [4.78, 5) is 34.1. The molecule has 0 fully saturated rings. The lowest BCUT2D eigenvalue weighted by Crippen LogP contribution is -2.11. The maximum Gasteiger partial charge on any atom is 0.338 e. The number of esters is 2. The molecule has 0 saturated heterocycles. The van der Waals surface area contributed by atoms with Crippen molar-refractivity contribution in [3.63, 3.8) is 0 Å². The zero-order chi connectivity index (χ0) is 14.6. The van der Waals surface area contributed by atoms with E-state index in [0.717, 1.165) is 0 Å². The van der Waals surface area contributed by atoms with Crippen molar-refractivity contribution >= 4 is 17.7 Å². The average Bonchev–Trinajstić information content (AvgIpc) is 2.36. The molecule has 0 aromatic heterocycles. The Morgan fingerprint density at radius 2 is 1.53 bits per heavy atom. The summed E-state index contributed by atoms with van der Waals surface area (Å²) in [5, 5.41) is 0. The summed E-state index contributed by atoms with van der Waals surface area (Å²) in [6.07, 6.45) is 0. The van der Waals surface area contributed by atoms with Crippen LogP contribution < -0.4 is 9.47 Å². The van der Waals surface area contributed by atoms with Gasteiger partial charge in [0.2, 0.25) is 0 Å². The lowest BCUT2D eigenvalue weighted by Gasteiger charge is -2.12. The molecule has 0 amide bonds. The Morgan fingerprint density at radius 3 is 1.95 bits per heavy atom. The molecule has 0 aliphatic rings. The van der Waals surface area contributed by atoms with Gasteiger partial charge in [-0.05, 0) is 13.0 Å².